The lowest BCUT2D eigenvalue weighted by molar-refractivity contribution is -0.00293. The Morgan fingerprint density at radius 1 is 0.923 bits per heavy atom. The molecule has 0 aromatic carbocycles. The molecule has 3 aliphatic carbocycles. The van der Waals surface area contributed by atoms with E-state index in [4.69, 9.17) is 0 Å². The Morgan fingerprint density at radius 3 is 1.77 bits per heavy atom. The Kier molecular flexibility index (Phi) is 3.06. The molecule has 0 spiro atoms. The van der Waals surface area contributed by atoms with Gasteiger partial charge in [0.2, 0.25) is 0 Å². The fourth-order valence-corrected chi connectivity index (χ4v) is 3.36. The Balaban J connectivity index is 0.000000845. The van der Waals surface area contributed by atoms with E-state index in [1.165, 1.54) is 51.4 Å². The van der Waals surface area contributed by atoms with Gasteiger partial charge in [-0.3, -0.25) is 0 Å². The van der Waals surface area contributed by atoms with Gasteiger partial charge in [0, 0.05) is 0 Å². The summed E-state index contributed by atoms with van der Waals surface area (Å²) in [6.07, 6.45) is 12.1. The SMILES string of the molecule is CCCC12CCC(C)(CC1)CC2.N. The Hall–Kier alpha value is -0.0400. The van der Waals surface area contributed by atoms with Gasteiger partial charge in [-0.15, -0.1) is 0 Å². The summed E-state index contributed by atoms with van der Waals surface area (Å²) in [7, 11) is 0. The minimum atomic E-state index is 0. The van der Waals surface area contributed by atoms with Crippen LogP contribution in [0.4, 0.5) is 0 Å². The van der Waals surface area contributed by atoms with Crippen molar-refractivity contribution in [3.63, 3.8) is 0 Å². The molecule has 0 heterocycles. The van der Waals surface area contributed by atoms with Crippen LogP contribution in [0.5, 0.6) is 0 Å². The minimum absolute atomic E-state index is 0. The van der Waals surface area contributed by atoms with Gasteiger partial charge < -0.3 is 6.15 Å². The Labute approximate surface area is 82.9 Å². The maximum atomic E-state index is 2.50. The molecule has 3 N–H and O–H groups in total. The monoisotopic (exact) mass is 183 g/mol. The summed E-state index contributed by atoms with van der Waals surface area (Å²) in [6.45, 7) is 4.85. The summed E-state index contributed by atoms with van der Waals surface area (Å²) < 4.78 is 0. The van der Waals surface area contributed by atoms with Crippen LogP contribution in [-0.4, -0.2) is 0 Å². The van der Waals surface area contributed by atoms with Crippen molar-refractivity contribution in [2.24, 2.45) is 10.8 Å². The highest BCUT2D eigenvalue weighted by molar-refractivity contribution is 4.96. The molecule has 1 nitrogen and oxygen atoms in total. The van der Waals surface area contributed by atoms with E-state index in [0.717, 1.165) is 10.8 Å². The fourth-order valence-electron chi connectivity index (χ4n) is 3.36. The topological polar surface area (TPSA) is 35.0 Å². The first-order valence-corrected chi connectivity index (χ1v) is 5.68. The lowest BCUT2D eigenvalue weighted by Gasteiger charge is -2.52. The van der Waals surface area contributed by atoms with Crippen LogP contribution in [0, 0.1) is 10.8 Å². The van der Waals surface area contributed by atoms with Gasteiger partial charge >= 0.3 is 0 Å². The smallest absolute Gasteiger partial charge is 0.0297 e. The van der Waals surface area contributed by atoms with E-state index in [0.29, 0.717) is 0 Å². The van der Waals surface area contributed by atoms with Gasteiger partial charge in [-0.2, -0.15) is 0 Å². The lowest BCUT2D eigenvalue weighted by atomic mass is 9.53. The standard InChI is InChI=1S/C12H22.H3N/c1-3-4-12-8-5-11(2,6-9-12)7-10-12;/h3-10H2,1-2H3;1H3. The number of hydrogen-bond acceptors (Lipinski definition) is 1. The molecule has 0 radical (unpaired) electrons. The molecule has 3 aliphatic rings. The summed E-state index contributed by atoms with van der Waals surface area (Å²) in [4.78, 5) is 0. The molecule has 1 heteroatoms. The van der Waals surface area contributed by atoms with Crippen LogP contribution in [0.25, 0.3) is 0 Å². The zero-order chi connectivity index (χ0) is 8.66. The minimum Gasteiger partial charge on any atom is -0.344 e. The van der Waals surface area contributed by atoms with E-state index < -0.39 is 0 Å². The zero-order valence-electron chi connectivity index (χ0n) is 9.36. The van der Waals surface area contributed by atoms with E-state index in [-0.39, 0.29) is 6.15 Å². The predicted octanol–water partition coefficient (Wildman–Crippen LogP) is 4.31. The summed E-state index contributed by atoms with van der Waals surface area (Å²) in [6, 6.07) is 0. The molecule has 3 saturated carbocycles. The van der Waals surface area contributed by atoms with Crippen LogP contribution in [0.15, 0.2) is 0 Å². The van der Waals surface area contributed by atoms with Crippen molar-refractivity contribution in [2.75, 3.05) is 0 Å². The van der Waals surface area contributed by atoms with Gasteiger partial charge in [0.25, 0.3) is 0 Å². The van der Waals surface area contributed by atoms with E-state index in [1.807, 2.05) is 0 Å². The van der Waals surface area contributed by atoms with Crippen LogP contribution in [-0.2, 0) is 0 Å². The average Bonchev–Trinajstić information content (AvgIpc) is 2.08. The van der Waals surface area contributed by atoms with Crippen molar-refractivity contribution in [3.8, 4) is 0 Å². The zero-order valence-corrected chi connectivity index (χ0v) is 9.36. The van der Waals surface area contributed by atoms with Crippen molar-refractivity contribution >= 4 is 0 Å². The molecule has 0 atom stereocenters. The second kappa shape index (κ2) is 3.61. The second-order valence-corrected chi connectivity index (χ2v) is 5.56. The third-order valence-corrected chi connectivity index (χ3v) is 4.56. The van der Waals surface area contributed by atoms with E-state index >= 15 is 0 Å². The molecule has 0 unspecified atom stereocenters. The summed E-state index contributed by atoms with van der Waals surface area (Å²) in [5, 5.41) is 0. The fraction of sp³-hybridized carbons (Fsp3) is 1.00. The third kappa shape index (κ3) is 1.90. The first kappa shape index (κ1) is 11.0. The lowest BCUT2D eigenvalue weighted by Crippen LogP contribution is -2.39. The van der Waals surface area contributed by atoms with Crippen molar-refractivity contribution < 1.29 is 0 Å². The normalized spacial score (nSPS) is 42.9. The predicted molar refractivity (Wildman–Crippen MR) is 58.2 cm³/mol. The molecule has 13 heavy (non-hydrogen) atoms. The van der Waals surface area contributed by atoms with Gasteiger partial charge in [0.05, 0.1) is 0 Å². The van der Waals surface area contributed by atoms with Crippen molar-refractivity contribution in [1.29, 1.82) is 0 Å². The van der Waals surface area contributed by atoms with Gasteiger partial charge in [-0.25, -0.2) is 0 Å². The third-order valence-electron chi connectivity index (χ3n) is 4.56. The van der Waals surface area contributed by atoms with Gasteiger partial charge in [-0.05, 0) is 55.8 Å². The first-order valence-electron chi connectivity index (χ1n) is 5.68. The van der Waals surface area contributed by atoms with Crippen LogP contribution < -0.4 is 6.15 Å². The van der Waals surface area contributed by atoms with Crippen molar-refractivity contribution in [3.05, 3.63) is 0 Å². The molecule has 0 amide bonds. The number of fused-ring (bicyclic) bond motifs is 3. The summed E-state index contributed by atoms with van der Waals surface area (Å²) in [5.41, 5.74) is 1.57. The second-order valence-electron chi connectivity index (χ2n) is 5.56. The largest absolute Gasteiger partial charge is 0.344 e. The van der Waals surface area contributed by atoms with Crippen LogP contribution in [0.3, 0.4) is 0 Å². The van der Waals surface area contributed by atoms with Gasteiger partial charge in [-0.1, -0.05) is 20.3 Å². The van der Waals surface area contributed by atoms with Crippen LogP contribution in [0.1, 0.15) is 65.2 Å². The van der Waals surface area contributed by atoms with Gasteiger partial charge in [0.1, 0.15) is 0 Å². The molecular weight excluding hydrogens is 158 g/mol. The van der Waals surface area contributed by atoms with E-state index in [9.17, 15) is 0 Å². The summed E-state index contributed by atoms with van der Waals surface area (Å²) in [5.74, 6) is 0. The highest BCUT2D eigenvalue weighted by Gasteiger charge is 2.45. The van der Waals surface area contributed by atoms with E-state index in [1.54, 1.807) is 0 Å². The molecule has 2 bridgehead atoms. The molecular formula is C12H25N. The molecule has 78 valence electrons. The molecule has 0 saturated heterocycles. The number of hydrogen-bond donors (Lipinski definition) is 1. The van der Waals surface area contributed by atoms with Crippen molar-refractivity contribution in [1.82, 2.24) is 6.15 Å². The molecule has 3 rings (SSSR count). The average molecular weight is 183 g/mol. The Bertz CT molecular complexity index is 149. The molecule has 0 aromatic heterocycles. The molecule has 3 fully saturated rings. The highest BCUT2D eigenvalue weighted by atomic mass is 14.5. The highest BCUT2D eigenvalue weighted by Crippen LogP contribution is 2.58. The Morgan fingerprint density at radius 2 is 1.38 bits per heavy atom. The van der Waals surface area contributed by atoms with Gasteiger partial charge in [0.15, 0.2) is 0 Å². The quantitative estimate of drug-likeness (QED) is 0.680. The first-order chi connectivity index (χ1) is 5.68. The van der Waals surface area contributed by atoms with Crippen LogP contribution >= 0.6 is 0 Å². The molecule has 0 aliphatic heterocycles. The maximum absolute atomic E-state index is 2.50. The van der Waals surface area contributed by atoms with Crippen molar-refractivity contribution in [2.45, 2.75) is 65.2 Å². The van der Waals surface area contributed by atoms with Crippen LogP contribution in [0.2, 0.25) is 0 Å². The summed E-state index contributed by atoms with van der Waals surface area (Å²) >= 11 is 0. The van der Waals surface area contributed by atoms with E-state index in [2.05, 4.69) is 13.8 Å². The number of rotatable bonds is 2. The molecule has 0 aromatic rings. The maximum Gasteiger partial charge on any atom is -0.0297 e.